The Labute approximate surface area is 233 Å². The van der Waals surface area contributed by atoms with E-state index in [0.29, 0.717) is 21.1 Å². The van der Waals surface area contributed by atoms with E-state index in [4.69, 9.17) is 9.47 Å². The maximum Gasteiger partial charge on any atom is 0.411 e. The van der Waals surface area contributed by atoms with Crippen LogP contribution in [0, 0.1) is 0 Å². The molecule has 0 bridgehead atoms. The Morgan fingerprint density at radius 2 is 1.41 bits per heavy atom. The number of thiazole rings is 1. The van der Waals surface area contributed by atoms with Gasteiger partial charge in [0.25, 0.3) is 0 Å². The third-order valence-corrected chi connectivity index (χ3v) is 7.67. The van der Waals surface area contributed by atoms with Crippen molar-refractivity contribution in [2.24, 2.45) is 0 Å². The van der Waals surface area contributed by atoms with Gasteiger partial charge in [-0.25, -0.2) is 27.7 Å². The van der Waals surface area contributed by atoms with Crippen LogP contribution < -0.4 is 15.4 Å². The van der Waals surface area contributed by atoms with Crippen molar-refractivity contribution in [2.75, 3.05) is 10.6 Å². The molecule has 39 heavy (non-hydrogen) atoms. The lowest BCUT2D eigenvalue weighted by Gasteiger charge is -2.22. The number of nitrogens with zero attached hydrogens (tertiary/aromatic N) is 1. The van der Waals surface area contributed by atoms with E-state index in [1.54, 1.807) is 91.1 Å². The standard InChI is InChI=1S/C27H34N4O6S2/c1-16(2)36-25(32)29-19-10-8-18(9-11-19)24-28-15-22(38-24)21-13-12-20(30-26(33)37-17(3)4)14-23(21)39(34,35)31-27(5,6)7/h8-17,31H,1-7H3,(H,29,32)(H,30,33). The first kappa shape index (κ1) is 30.1. The lowest BCUT2D eigenvalue weighted by atomic mass is 10.1. The van der Waals surface area contributed by atoms with Gasteiger partial charge in [0.15, 0.2) is 0 Å². The van der Waals surface area contributed by atoms with Crippen LogP contribution in [0.1, 0.15) is 48.5 Å². The average Bonchev–Trinajstić information content (AvgIpc) is 3.27. The Bertz CT molecular complexity index is 1430. The van der Waals surface area contributed by atoms with Gasteiger partial charge in [0.05, 0.1) is 22.0 Å². The maximum atomic E-state index is 13.4. The molecule has 0 fully saturated rings. The number of carbonyl (C=O) groups excluding carboxylic acids is 2. The first-order valence-electron chi connectivity index (χ1n) is 12.3. The molecule has 3 N–H and O–H groups in total. The molecule has 210 valence electrons. The minimum Gasteiger partial charge on any atom is -0.447 e. The molecule has 0 aliphatic heterocycles. The summed E-state index contributed by atoms with van der Waals surface area (Å²) in [5, 5.41) is 5.91. The highest BCUT2D eigenvalue weighted by atomic mass is 32.2. The van der Waals surface area contributed by atoms with E-state index in [9.17, 15) is 18.0 Å². The van der Waals surface area contributed by atoms with E-state index in [2.05, 4.69) is 20.3 Å². The quantitative estimate of drug-likeness (QED) is 0.281. The Morgan fingerprint density at radius 1 is 0.872 bits per heavy atom. The van der Waals surface area contributed by atoms with Gasteiger partial charge in [-0.05, 0) is 84.9 Å². The normalized spacial score (nSPS) is 11.9. The summed E-state index contributed by atoms with van der Waals surface area (Å²) in [6.45, 7) is 12.2. The third-order valence-electron chi connectivity index (χ3n) is 4.79. The van der Waals surface area contributed by atoms with Crippen LogP contribution in [0.5, 0.6) is 0 Å². The minimum absolute atomic E-state index is 0.00168. The highest BCUT2D eigenvalue weighted by Gasteiger charge is 2.27. The predicted octanol–water partition coefficient (Wildman–Crippen LogP) is 6.47. The summed E-state index contributed by atoms with van der Waals surface area (Å²) in [6, 6.07) is 11.7. The Balaban J connectivity index is 1.94. The molecule has 3 aromatic rings. The largest absolute Gasteiger partial charge is 0.447 e. The SMILES string of the molecule is CC(C)OC(=O)Nc1ccc(-c2ncc(-c3ccc(NC(=O)OC(C)C)cc3S(=O)(=O)NC(C)(C)C)s2)cc1. The lowest BCUT2D eigenvalue weighted by Crippen LogP contribution is -2.40. The molecular weight excluding hydrogens is 540 g/mol. The van der Waals surface area contributed by atoms with Gasteiger partial charge < -0.3 is 9.47 Å². The van der Waals surface area contributed by atoms with Gasteiger partial charge in [0, 0.05) is 34.2 Å². The highest BCUT2D eigenvalue weighted by molar-refractivity contribution is 7.89. The fraction of sp³-hybridized carbons (Fsp3) is 0.370. The molecule has 0 atom stereocenters. The molecule has 3 rings (SSSR count). The number of hydrogen-bond donors (Lipinski definition) is 3. The van der Waals surface area contributed by atoms with Crippen molar-refractivity contribution < 1.29 is 27.5 Å². The van der Waals surface area contributed by atoms with Crippen molar-refractivity contribution >= 4 is 44.9 Å². The van der Waals surface area contributed by atoms with Crippen LogP contribution >= 0.6 is 11.3 Å². The van der Waals surface area contributed by atoms with Crippen LogP contribution in [-0.2, 0) is 19.5 Å². The van der Waals surface area contributed by atoms with Gasteiger partial charge in [0.2, 0.25) is 10.0 Å². The number of amides is 2. The molecule has 0 unspecified atom stereocenters. The summed E-state index contributed by atoms with van der Waals surface area (Å²) in [4.78, 5) is 29.1. The van der Waals surface area contributed by atoms with Crippen molar-refractivity contribution in [3.05, 3.63) is 48.7 Å². The summed E-state index contributed by atoms with van der Waals surface area (Å²) in [5.74, 6) is 0. The molecule has 0 aliphatic carbocycles. The van der Waals surface area contributed by atoms with E-state index in [1.165, 1.54) is 17.4 Å². The molecule has 0 saturated carbocycles. The Kier molecular flexibility index (Phi) is 9.36. The van der Waals surface area contributed by atoms with Crippen molar-refractivity contribution in [3.8, 4) is 21.0 Å². The van der Waals surface area contributed by atoms with Crippen molar-refractivity contribution in [1.29, 1.82) is 0 Å². The summed E-state index contributed by atoms with van der Waals surface area (Å²) < 4.78 is 39.7. The fourth-order valence-corrected chi connectivity index (χ4v) is 6.13. The average molecular weight is 575 g/mol. The van der Waals surface area contributed by atoms with E-state index in [0.717, 1.165) is 5.56 Å². The molecule has 0 aliphatic rings. The van der Waals surface area contributed by atoms with Crippen LogP contribution in [0.15, 0.2) is 53.6 Å². The van der Waals surface area contributed by atoms with E-state index in [1.807, 2.05) is 0 Å². The van der Waals surface area contributed by atoms with Gasteiger partial charge >= 0.3 is 12.2 Å². The van der Waals surface area contributed by atoms with Crippen LogP contribution in [0.2, 0.25) is 0 Å². The van der Waals surface area contributed by atoms with Crippen LogP contribution in [0.3, 0.4) is 0 Å². The van der Waals surface area contributed by atoms with Crippen LogP contribution in [-0.4, -0.2) is 43.3 Å². The molecule has 0 spiro atoms. The first-order chi connectivity index (χ1) is 18.1. The number of anilines is 2. The number of nitrogens with one attached hydrogen (secondary N) is 3. The molecule has 12 heteroatoms. The molecule has 2 aromatic carbocycles. The lowest BCUT2D eigenvalue weighted by molar-refractivity contribution is 0.129. The minimum atomic E-state index is -3.97. The number of benzene rings is 2. The fourth-order valence-electron chi connectivity index (χ4n) is 3.44. The van der Waals surface area contributed by atoms with Crippen molar-refractivity contribution in [2.45, 2.75) is 71.1 Å². The Morgan fingerprint density at radius 3 is 1.95 bits per heavy atom. The molecule has 0 saturated heterocycles. The number of hydrogen-bond acceptors (Lipinski definition) is 8. The first-order valence-corrected chi connectivity index (χ1v) is 14.6. The molecule has 0 radical (unpaired) electrons. The van der Waals surface area contributed by atoms with Gasteiger partial charge in [-0.1, -0.05) is 6.07 Å². The number of aromatic nitrogens is 1. The smallest absolute Gasteiger partial charge is 0.411 e. The monoisotopic (exact) mass is 574 g/mol. The number of carbonyl (C=O) groups is 2. The summed E-state index contributed by atoms with van der Waals surface area (Å²) in [5.41, 5.74) is 1.35. The molecule has 1 aromatic heterocycles. The van der Waals surface area contributed by atoms with E-state index in [-0.39, 0.29) is 22.8 Å². The van der Waals surface area contributed by atoms with Crippen LogP contribution in [0.4, 0.5) is 21.0 Å². The highest BCUT2D eigenvalue weighted by Crippen LogP contribution is 2.37. The van der Waals surface area contributed by atoms with Crippen molar-refractivity contribution in [3.63, 3.8) is 0 Å². The second kappa shape index (κ2) is 12.1. The number of ether oxygens (including phenoxy) is 2. The zero-order valence-corrected chi connectivity index (χ0v) is 24.6. The summed E-state index contributed by atoms with van der Waals surface area (Å²) >= 11 is 1.32. The number of rotatable bonds is 8. The molecular formula is C27H34N4O6S2. The second-order valence-corrected chi connectivity index (χ2v) is 13.0. The summed E-state index contributed by atoms with van der Waals surface area (Å²) in [6.07, 6.45) is -0.173. The topological polar surface area (TPSA) is 136 Å². The molecule has 10 nitrogen and oxygen atoms in total. The zero-order valence-electron chi connectivity index (χ0n) is 23.0. The van der Waals surface area contributed by atoms with Gasteiger partial charge in [0.1, 0.15) is 5.01 Å². The number of sulfonamides is 1. The van der Waals surface area contributed by atoms with Gasteiger partial charge in [-0.2, -0.15) is 0 Å². The Hall–Kier alpha value is -3.48. The van der Waals surface area contributed by atoms with Gasteiger partial charge in [-0.15, -0.1) is 11.3 Å². The third kappa shape index (κ3) is 8.77. The second-order valence-electron chi connectivity index (χ2n) is 10.3. The maximum absolute atomic E-state index is 13.4. The zero-order chi connectivity index (χ0) is 29.0. The van der Waals surface area contributed by atoms with Crippen molar-refractivity contribution in [1.82, 2.24) is 9.71 Å². The molecule has 1 heterocycles. The van der Waals surface area contributed by atoms with Crippen LogP contribution in [0.25, 0.3) is 21.0 Å². The molecule has 2 amide bonds. The summed E-state index contributed by atoms with van der Waals surface area (Å²) in [7, 11) is -3.97. The van der Waals surface area contributed by atoms with E-state index >= 15 is 0 Å². The van der Waals surface area contributed by atoms with E-state index < -0.39 is 27.7 Å². The van der Waals surface area contributed by atoms with Gasteiger partial charge in [-0.3, -0.25) is 10.6 Å². The predicted molar refractivity (Wildman–Crippen MR) is 154 cm³/mol.